The first-order valence-electron chi connectivity index (χ1n) is 9.76. The molecule has 2 unspecified atom stereocenters. The third-order valence-corrected chi connectivity index (χ3v) is 5.57. The molecule has 2 aliphatic heterocycles. The molecular formula is C21H26ClN3O3. The molecule has 0 saturated carbocycles. The van der Waals surface area contributed by atoms with E-state index in [0.717, 1.165) is 36.4 Å². The summed E-state index contributed by atoms with van der Waals surface area (Å²) in [7, 11) is 0. The highest BCUT2D eigenvalue weighted by atomic mass is 35.5. The number of rotatable bonds is 2. The lowest BCUT2D eigenvalue weighted by molar-refractivity contribution is 0.00464. The Morgan fingerprint density at radius 1 is 1.25 bits per heavy atom. The molecule has 6 nitrogen and oxygen atoms in total. The fraction of sp³-hybridized carbons (Fsp3) is 0.524. The van der Waals surface area contributed by atoms with E-state index in [0.29, 0.717) is 24.2 Å². The predicted molar refractivity (Wildman–Crippen MR) is 107 cm³/mol. The van der Waals surface area contributed by atoms with Gasteiger partial charge in [0.05, 0.1) is 6.04 Å². The van der Waals surface area contributed by atoms with E-state index < -0.39 is 5.60 Å². The number of benzene rings is 1. The Bertz CT molecular complexity index is 861. The highest BCUT2D eigenvalue weighted by Gasteiger charge is 2.41. The third-order valence-electron chi connectivity index (χ3n) is 5.33. The zero-order chi connectivity index (χ0) is 19.9. The second-order valence-electron chi connectivity index (χ2n) is 8.54. The number of piperazine rings is 1. The lowest BCUT2D eigenvalue weighted by Gasteiger charge is -2.39. The number of hydrogen-bond acceptors (Lipinski definition) is 5. The largest absolute Gasteiger partial charge is 0.444 e. The summed E-state index contributed by atoms with van der Waals surface area (Å²) in [4.78, 5) is 16.7. The monoisotopic (exact) mass is 403 g/mol. The number of amides is 1. The topological polar surface area (TPSA) is 58.8 Å². The molecule has 2 aromatic rings. The van der Waals surface area contributed by atoms with E-state index in [1.165, 1.54) is 0 Å². The van der Waals surface area contributed by atoms with Crippen LogP contribution in [0.25, 0.3) is 11.3 Å². The number of halogens is 1. The van der Waals surface area contributed by atoms with Crippen molar-refractivity contribution in [2.75, 3.05) is 19.6 Å². The van der Waals surface area contributed by atoms with Gasteiger partial charge in [0.2, 0.25) is 0 Å². The molecule has 2 saturated heterocycles. The van der Waals surface area contributed by atoms with Gasteiger partial charge in [-0.1, -0.05) is 28.9 Å². The molecule has 4 rings (SSSR count). The average Bonchev–Trinajstić information content (AvgIpc) is 3.26. The van der Waals surface area contributed by atoms with Crippen molar-refractivity contribution < 1.29 is 14.1 Å². The van der Waals surface area contributed by atoms with Crippen LogP contribution in [-0.4, -0.2) is 52.3 Å². The smallest absolute Gasteiger partial charge is 0.410 e. The van der Waals surface area contributed by atoms with Crippen molar-refractivity contribution in [1.29, 1.82) is 0 Å². The average molecular weight is 404 g/mol. The molecule has 3 heterocycles. The van der Waals surface area contributed by atoms with Crippen molar-refractivity contribution >= 4 is 17.7 Å². The number of nitrogens with zero attached hydrogens (tertiary/aromatic N) is 3. The summed E-state index contributed by atoms with van der Waals surface area (Å²) >= 11 is 6.09. The summed E-state index contributed by atoms with van der Waals surface area (Å²) in [5.74, 6) is 0.730. The first-order chi connectivity index (χ1) is 13.3. The standard InChI is InChI=1S/C21H26ClN3O3/c1-21(2,3)27-20(26)24-9-10-25-16(13-24)7-8-18(25)17-12-19(28-23-17)14-5-4-6-15(22)11-14/h4-6,11-12,16,18H,7-10,13H2,1-3H3. The minimum Gasteiger partial charge on any atom is -0.444 e. The fourth-order valence-electron chi connectivity index (χ4n) is 4.09. The van der Waals surface area contributed by atoms with Gasteiger partial charge in [-0.3, -0.25) is 4.90 Å². The van der Waals surface area contributed by atoms with Crippen molar-refractivity contribution in [1.82, 2.24) is 15.0 Å². The van der Waals surface area contributed by atoms with Crippen molar-refractivity contribution in [2.45, 2.75) is 51.3 Å². The van der Waals surface area contributed by atoms with Crippen LogP contribution in [0.15, 0.2) is 34.9 Å². The Hall–Kier alpha value is -2.05. The molecule has 1 aromatic carbocycles. The summed E-state index contributed by atoms with van der Waals surface area (Å²) in [5.41, 5.74) is 1.41. The maximum absolute atomic E-state index is 12.4. The van der Waals surface area contributed by atoms with E-state index in [4.69, 9.17) is 20.9 Å². The zero-order valence-electron chi connectivity index (χ0n) is 16.5. The second kappa shape index (κ2) is 7.41. The number of fused-ring (bicyclic) bond motifs is 1. The first-order valence-corrected chi connectivity index (χ1v) is 10.1. The highest BCUT2D eigenvalue weighted by Crippen LogP contribution is 2.38. The van der Waals surface area contributed by atoms with Gasteiger partial charge in [-0.25, -0.2) is 4.79 Å². The molecule has 2 aliphatic rings. The molecule has 2 atom stereocenters. The molecule has 28 heavy (non-hydrogen) atoms. The Labute approximate surface area is 170 Å². The molecule has 7 heteroatoms. The van der Waals surface area contributed by atoms with Gasteiger partial charge in [-0.2, -0.15) is 0 Å². The fourth-order valence-corrected chi connectivity index (χ4v) is 4.28. The first kappa shape index (κ1) is 19.3. The maximum Gasteiger partial charge on any atom is 0.410 e. The van der Waals surface area contributed by atoms with Crippen LogP contribution in [0.3, 0.4) is 0 Å². The van der Waals surface area contributed by atoms with Crippen molar-refractivity contribution in [3.8, 4) is 11.3 Å². The van der Waals surface area contributed by atoms with Gasteiger partial charge in [0.1, 0.15) is 11.3 Å². The Morgan fingerprint density at radius 2 is 2.07 bits per heavy atom. The molecule has 2 fully saturated rings. The molecule has 1 amide bonds. The molecule has 150 valence electrons. The van der Waals surface area contributed by atoms with E-state index in [-0.39, 0.29) is 12.1 Å². The van der Waals surface area contributed by atoms with Crippen LogP contribution in [-0.2, 0) is 4.74 Å². The number of carbonyl (C=O) groups excluding carboxylic acids is 1. The van der Waals surface area contributed by atoms with Crippen LogP contribution in [0.1, 0.15) is 45.3 Å². The molecule has 0 N–H and O–H groups in total. The molecule has 1 aromatic heterocycles. The van der Waals surface area contributed by atoms with Gasteiger partial charge in [0, 0.05) is 42.3 Å². The Morgan fingerprint density at radius 3 is 2.82 bits per heavy atom. The van der Waals surface area contributed by atoms with Crippen LogP contribution in [0.5, 0.6) is 0 Å². The summed E-state index contributed by atoms with van der Waals surface area (Å²) < 4.78 is 11.1. The number of aromatic nitrogens is 1. The van der Waals surface area contributed by atoms with Crippen LogP contribution >= 0.6 is 11.6 Å². The molecular weight excluding hydrogens is 378 g/mol. The Kier molecular flexibility index (Phi) is 5.10. The summed E-state index contributed by atoms with van der Waals surface area (Å²) in [6, 6.07) is 10.2. The second-order valence-corrected chi connectivity index (χ2v) is 8.97. The van der Waals surface area contributed by atoms with E-state index in [1.54, 1.807) is 0 Å². The van der Waals surface area contributed by atoms with E-state index >= 15 is 0 Å². The van der Waals surface area contributed by atoms with Gasteiger partial charge in [-0.05, 0) is 45.7 Å². The third kappa shape index (κ3) is 4.03. The van der Waals surface area contributed by atoms with Gasteiger partial charge in [0.25, 0.3) is 0 Å². The normalized spacial score (nSPS) is 22.9. The van der Waals surface area contributed by atoms with Crippen LogP contribution in [0.2, 0.25) is 5.02 Å². The molecule has 0 aliphatic carbocycles. The number of hydrogen-bond donors (Lipinski definition) is 0. The zero-order valence-corrected chi connectivity index (χ0v) is 17.3. The lowest BCUT2D eigenvalue weighted by atomic mass is 10.1. The van der Waals surface area contributed by atoms with E-state index in [9.17, 15) is 4.79 Å². The minimum atomic E-state index is -0.468. The van der Waals surface area contributed by atoms with Crippen molar-refractivity contribution in [3.63, 3.8) is 0 Å². The van der Waals surface area contributed by atoms with Gasteiger partial charge >= 0.3 is 6.09 Å². The van der Waals surface area contributed by atoms with Gasteiger partial charge < -0.3 is 14.2 Å². The summed E-state index contributed by atoms with van der Waals surface area (Å²) in [6.07, 6.45) is 1.82. The van der Waals surface area contributed by atoms with Gasteiger partial charge in [-0.15, -0.1) is 0 Å². The maximum atomic E-state index is 12.4. The number of carbonyl (C=O) groups is 1. The predicted octanol–water partition coefficient (Wildman–Crippen LogP) is 4.75. The van der Waals surface area contributed by atoms with Crippen LogP contribution in [0, 0.1) is 0 Å². The van der Waals surface area contributed by atoms with Gasteiger partial charge in [0.15, 0.2) is 5.76 Å². The molecule has 0 radical (unpaired) electrons. The lowest BCUT2D eigenvalue weighted by Crippen LogP contribution is -2.53. The number of ether oxygens (including phenoxy) is 1. The quantitative estimate of drug-likeness (QED) is 0.724. The molecule has 0 spiro atoms. The van der Waals surface area contributed by atoms with E-state index in [1.807, 2.05) is 56.0 Å². The Balaban J connectivity index is 1.44. The SMILES string of the molecule is CC(C)(C)OC(=O)N1CCN2C(CCC2c2cc(-c3cccc(Cl)c3)on2)C1. The molecule has 0 bridgehead atoms. The summed E-state index contributed by atoms with van der Waals surface area (Å²) in [5, 5.41) is 5.01. The van der Waals surface area contributed by atoms with Crippen molar-refractivity contribution in [2.24, 2.45) is 0 Å². The van der Waals surface area contributed by atoms with Crippen molar-refractivity contribution in [3.05, 3.63) is 41.0 Å². The highest BCUT2D eigenvalue weighted by molar-refractivity contribution is 6.30. The van der Waals surface area contributed by atoms with Crippen LogP contribution in [0.4, 0.5) is 4.79 Å². The van der Waals surface area contributed by atoms with E-state index in [2.05, 4.69) is 10.1 Å². The van der Waals surface area contributed by atoms with Crippen LogP contribution < -0.4 is 0 Å². The summed E-state index contributed by atoms with van der Waals surface area (Å²) in [6.45, 7) is 7.87. The minimum absolute atomic E-state index is 0.222.